The highest BCUT2D eigenvalue weighted by Gasteiger charge is 2.35. The summed E-state index contributed by atoms with van der Waals surface area (Å²) in [7, 11) is 0. The molecule has 11 heavy (non-hydrogen) atoms. The number of ether oxygens (including phenoxy) is 1. The molecule has 1 saturated heterocycles. The van der Waals surface area contributed by atoms with Crippen molar-refractivity contribution in [2.24, 2.45) is 5.73 Å². The largest absolute Gasteiger partial charge is 0.368 e. The van der Waals surface area contributed by atoms with Crippen LogP contribution in [0.25, 0.3) is 0 Å². The second kappa shape index (κ2) is 2.76. The van der Waals surface area contributed by atoms with Crippen molar-refractivity contribution in [3.05, 3.63) is 0 Å². The van der Waals surface area contributed by atoms with Crippen LogP contribution < -0.4 is 5.73 Å². The lowest BCUT2D eigenvalue weighted by atomic mass is 9.88. The Kier molecular flexibility index (Phi) is 2.26. The van der Waals surface area contributed by atoms with E-state index in [-0.39, 0.29) is 11.2 Å². The van der Waals surface area contributed by atoms with Crippen molar-refractivity contribution in [1.82, 2.24) is 0 Å². The minimum atomic E-state index is -0.0677. The van der Waals surface area contributed by atoms with Gasteiger partial charge in [0.1, 0.15) is 0 Å². The molecule has 2 heteroatoms. The van der Waals surface area contributed by atoms with Crippen LogP contribution in [0.15, 0.2) is 0 Å². The van der Waals surface area contributed by atoms with E-state index in [1.165, 1.54) is 6.42 Å². The average Bonchev–Trinajstić information content (AvgIpc) is 1.85. The predicted molar refractivity (Wildman–Crippen MR) is 46.5 cm³/mol. The van der Waals surface area contributed by atoms with Crippen molar-refractivity contribution in [2.75, 3.05) is 6.54 Å². The fraction of sp³-hybridized carbons (Fsp3) is 1.00. The molecule has 0 aromatic carbocycles. The van der Waals surface area contributed by atoms with Crippen LogP contribution in [0.2, 0.25) is 0 Å². The van der Waals surface area contributed by atoms with Crippen LogP contribution >= 0.6 is 0 Å². The van der Waals surface area contributed by atoms with Crippen molar-refractivity contribution in [3.8, 4) is 0 Å². The molecule has 0 amide bonds. The van der Waals surface area contributed by atoms with Gasteiger partial charge in [-0.3, -0.25) is 0 Å². The van der Waals surface area contributed by atoms with Crippen LogP contribution in [0.1, 0.15) is 40.0 Å². The van der Waals surface area contributed by atoms with E-state index in [1.54, 1.807) is 0 Å². The third-order valence-electron chi connectivity index (χ3n) is 2.44. The molecule has 1 aliphatic heterocycles. The van der Waals surface area contributed by atoms with Gasteiger partial charge < -0.3 is 10.5 Å². The molecule has 0 aromatic heterocycles. The van der Waals surface area contributed by atoms with E-state index in [4.69, 9.17) is 10.5 Å². The second-order valence-electron chi connectivity index (χ2n) is 4.37. The summed E-state index contributed by atoms with van der Waals surface area (Å²) in [5, 5.41) is 0. The zero-order valence-electron chi connectivity index (χ0n) is 7.81. The van der Waals surface area contributed by atoms with E-state index in [1.807, 2.05) is 0 Å². The molecular weight excluding hydrogens is 138 g/mol. The normalized spacial score (nSPS) is 37.1. The summed E-state index contributed by atoms with van der Waals surface area (Å²) in [6.07, 6.45) is 3.50. The van der Waals surface area contributed by atoms with Gasteiger partial charge in [0.25, 0.3) is 0 Å². The number of hydrogen-bond donors (Lipinski definition) is 1. The van der Waals surface area contributed by atoms with Gasteiger partial charge in [-0.2, -0.15) is 0 Å². The minimum Gasteiger partial charge on any atom is -0.368 e. The van der Waals surface area contributed by atoms with Gasteiger partial charge in [-0.05, 0) is 40.0 Å². The Morgan fingerprint density at radius 3 is 2.27 bits per heavy atom. The Labute approximate surface area is 69.1 Å². The zero-order chi connectivity index (χ0) is 8.54. The van der Waals surface area contributed by atoms with Crippen LogP contribution in [-0.4, -0.2) is 17.7 Å². The van der Waals surface area contributed by atoms with Gasteiger partial charge >= 0.3 is 0 Å². The van der Waals surface area contributed by atoms with Crippen LogP contribution in [-0.2, 0) is 4.74 Å². The standard InChI is InChI=1S/C9H19NO/c1-8(2)5-4-6-9(3,7-10)11-8/h4-7,10H2,1-3H3. The molecule has 0 bridgehead atoms. The van der Waals surface area contributed by atoms with Crippen molar-refractivity contribution in [1.29, 1.82) is 0 Å². The molecular formula is C9H19NO. The summed E-state index contributed by atoms with van der Waals surface area (Å²) < 4.78 is 5.89. The first-order chi connectivity index (χ1) is 4.97. The Balaban J connectivity index is 2.59. The summed E-state index contributed by atoms with van der Waals surface area (Å²) in [4.78, 5) is 0. The Morgan fingerprint density at radius 2 is 1.91 bits per heavy atom. The van der Waals surface area contributed by atoms with Crippen molar-refractivity contribution in [2.45, 2.75) is 51.2 Å². The van der Waals surface area contributed by atoms with Crippen molar-refractivity contribution in [3.63, 3.8) is 0 Å². The lowest BCUT2D eigenvalue weighted by molar-refractivity contribution is -0.159. The fourth-order valence-electron chi connectivity index (χ4n) is 1.80. The third-order valence-corrected chi connectivity index (χ3v) is 2.44. The zero-order valence-corrected chi connectivity index (χ0v) is 7.81. The molecule has 1 rings (SSSR count). The molecule has 0 aromatic rings. The number of nitrogens with two attached hydrogens (primary N) is 1. The first kappa shape index (κ1) is 9.01. The van der Waals surface area contributed by atoms with E-state index in [2.05, 4.69) is 20.8 Å². The quantitative estimate of drug-likeness (QED) is 0.628. The van der Waals surface area contributed by atoms with Gasteiger partial charge in [0, 0.05) is 6.54 Å². The summed E-state index contributed by atoms with van der Waals surface area (Å²) in [5.74, 6) is 0. The Bertz CT molecular complexity index is 144. The Hall–Kier alpha value is -0.0800. The van der Waals surface area contributed by atoms with E-state index < -0.39 is 0 Å². The highest BCUT2D eigenvalue weighted by molar-refractivity contribution is 4.87. The molecule has 0 spiro atoms. The second-order valence-corrected chi connectivity index (χ2v) is 4.37. The van der Waals surface area contributed by atoms with E-state index in [0.717, 1.165) is 12.8 Å². The van der Waals surface area contributed by atoms with Crippen molar-refractivity contribution < 1.29 is 4.74 Å². The smallest absolute Gasteiger partial charge is 0.0783 e. The number of hydrogen-bond acceptors (Lipinski definition) is 2. The molecule has 2 N–H and O–H groups in total. The maximum absolute atomic E-state index is 5.89. The van der Waals surface area contributed by atoms with Gasteiger partial charge in [0.05, 0.1) is 11.2 Å². The maximum Gasteiger partial charge on any atom is 0.0783 e. The van der Waals surface area contributed by atoms with Crippen LogP contribution in [0.4, 0.5) is 0 Å². The molecule has 0 radical (unpaired) electrons. The summed E-state index contributed by atoms with van der Waals surface area (Å²) in [6.45, 7) is 7.02. The maximum atomic E-state index is 5.89. The van der Waals surface area contributed by atoms with Gasteiger partial charge in [-0.15, -0.1) is 0 Å². The first-order valence-electron chi connectivity index (χ1n) is 4.38. The molecule has 66 valence electrons. The van der Waals surface area contributed by atoms with Crippen LogP contribution in [0.3, 0.4) is 0 Å². The van der Waals surface area contributed by atoms with E-state index in [0.29, 0.717) is 6.54 Å². The highest BCUT2D eigenvalue weighted by Crippen LogP contribution is 2.33. The SMILES string of the molecule is CC1(C)CCCC(C)(CN)O1. The third kappa shape index (κ3) is 2.17. The van der Waals surface area contributed by atoms with Crippen LogP contribution in [0, 0.1) is 0 Å². The lowest BCUT2D eigenvalue weighted by Crippen LogP contribution is -2.48. The topological polar surface area (TPSA) is 35.2 Å². The summed E-state index contributed by atoms with van der Waals surface area (Å²) >= 11 is 0. The fourth-order valence-corrected chi connectivity index (χ4v) is 1.80. The van der Waals surface area contributed by atoms with Crippen LogP contribution in [0.5, 0.6) is 0 Å². The average molecular weight is 157 g/mol. The summed E-state index contributed by atoms with van der Waals surface area (Å²) in [6, 6.07) is 0. The highest BCUT2D eigenvalue weighted by atomic mass is 16.5. The molecule has 0 aliphatic carbocycles. The van der Waals surface area contributed by atoms with Gasteiger partial charge in [0.15, 0.2) is 0 Å². The predicted octanol–water partition coefficient (Wildman–Crippen LogP) is 1.68. The monoisotopic (exact) mass is 157 g/mol. The molecule has 2 nitrogen and oxygen atoms in total. The van der Waals surface area contributed by atoms with Gasteiger partial charge in [0.2, 0.25) is 0 Å². The van der Waals surface area contributed by atoms with Gasteiger partial charge in [-0.25, -0.2) is 0 Å². The lowest BCUT2D eigenvalue weighted by Gasteiger charge is -2.42. The minimum absolute atomic E-state index is 0.0341. The van der Waals surface area contributed by atoms with Crippen molar-refractivity contribution >= 4 is 0 Å². The molecule has 1 atom stereocenters. The molecule has 1 fully saturated rings. The Morgan fingerprint density at radius 1 is 1.27 bits per heavy atom. The van der Waals surface area contributed by atoms with E-state index in [9.17, 15) is 0 Å². The molecule has 0 saturated carbocycles. The molecule has 1 heterocycles. The molecule has 1 aliphatic rings. The van der Waals surface area contributed by atoms with Gasteiger partial charge in [-0.1, -0.05) is 0 Å². The summed E-state index contributed by atoms with van der Waals surface area (Å²) in [5.41, 5.74) is 5.60. The molecule has 1 unspecified atom stereocenters. The van der Waals surface area contributed by atoms with E-state index >= 15 is 0 Å². The first-order valence-corrected chi connectivity index (χ1v) is 4.38. The number of rotatable bonds is 1.